The van der Waals surface area contributed by atoms with Gasteiger partial charge in [-0.15, -0.1) is 0 Å². The number of nitrogens with one attached hydrogen (secondary N) is 2. The van der Waals surface area contributed by atoms with Crippen LogP contribution in [0.25, 0.3) is 0 Å². The summed E-state index contributed by atoms with van der Waals surface area (Å²) in [4.78, 5) is 14.4. The van der Waals surface area contributed by atoms with Crippen molar-refractivity contribution in [3.05, 3.63) is 52.6 Å². The molecule has 1 fully saturated rings. The molecule has 156 valence electrons. The maximum Gasteiger partial charge on any atom is 0.282 e. The smallest absolute Gasteiger partial charge is 0.282 e. The molecule has 3 atom stereocenters. The lowest BCUT2D eigenvalue weighted by Crippen LogP contribution is -3.15. The third-order valence-electron chi connectivity index (χ3n) is 6.10. The van der Waals surface area contributed by atoms with E-state index in [4.69, 9.17) is 9.47 Å². The number of quaternary nitrogens is 1. The minimum atomic E-state index is -0.158. The number of carbonyl (C=O) groups is 1. The maximum absolute atomic E-state index is 13.1. The Morgan fingerprint density at radius 3 is 2.41 bits per heavy atom. The van der Waals surface area contributed by atoms with Crippen molar-refractivity contribution >= 4 is 11.6 Å². The van der Waals surface area contributed by atoms with Gasteiger partial charge in [-0.05, 0) is 51.0 Å². The quantitative estimate of drug-likeness (QED) is 0.786. The second-order valence-corrected chi connectivity index (χ2v) is 8.11. The fourth-order valence-electron chi connectivity index (χ4n) is 4.63. The van der Waals surface area contributed by atoms with Gasteiger partial charge in [-0.2, -0.15) is 0 Å². The molecular formula is C24H33N2O3+. The van der Waals surface area contributed by atoms with E-state index in [0.29, 0.717) is 0 Å². The third kappa shape index (κ3) is 4.40. The Morgan fingerprint density at radius 1 is 1.10 bits per heavy atom. The summed E-state index contributed by atoms with van der Waals surface area (Å²) in [5.74, 6) is 1.67. The van der Waals surface area contributed by atoms with Crippen LogP contribution in [0.5, 0.6) is 11.5 Å². The van der Waals surface area contributed by atoms with Crippen molar-refractivity contribution in [3.8, 4) is 11.5 Å². The fourth-order valence-corrected chi connectivity index (χ4v) is 4.63. The number of benzene rings is 2. The number of rotatable bonds is 6. The molecule has 1 aliphatic rings. The molecule has 1 unspecified atom stereocenters. The summed E-state index contributed by atoms with van der Waals surface area (Å²) < 4.78 is 11.0. The van der Waals surface area contributed by atoms with Gasteiger partial charge >= 0.3 is 0 Å². The van der Waals surface area contributed by atoms with Gasteiger partial charge in [0.15, 0.2) is 6.04 Å². The van der Waals surface area contributed by atoms with Gasteiger partial charge in [0.25, 0.3) is 5.91 Å². The molecular weight excluding hydrogens is 364 g/mol. The van der Waals surface area contributed by atoms with Crippen molar-refractivity contribution in [2.45, 2.75) is 52.6 Å². The molecule has 5 nitrogen and oxygen atoms in total. The second-order valence-electron chi connectivity index (χ2n) is 8.11. The zero-order chi connectivity index (χ0) is 21.1. The average molecular weight is 398 g/mol. The van der Waals surface area contributed by atoms with Gasteiger partial charge in [0.05, 0.1) is 26.3 Å². The van der Waals surface area contributed by atoms with Crippen LogP contribution in [0, 0.1) is 20.8 Å². The van der Waals surface area contributed by atoms with E-state index >= 15 is 0 Å². The van der Waals surface area contributed by atoms with Crippen LogP contribution in [0.3, 0.4) is 0 Å². The number of amides is 1. The Morgan fingerprint density at radius 2 is 1.79 bits per heavy atom. The molecule has 1 heterocycles. The lowest BCUT2D eigenvalue weighted by atomic mass is 10.0. The van der Waals surface area contributed by atoms with Crippen LogP contribution in [-0.4, -0.2) is 32.7 Å². The highest BCUT2D eigenvalue weighted by Gasteiger charge is 2.38. The molecule has 0 spiro atoms. The van der Waals surface area contributed by atoms with Crippen LogP contribution in [0.1, 0.15) is 48.1 Å². The number of likely N-dealkylation sites (tertiary alicyclic amines) is 1. The first-order valence-corrected chi connectivity index (χ1v) is 10.3. The predicted octanol–water partition coefficient (Wildman–Crippen LogP) is 3.38. The van der Waals surface area contributed by atoms with Gasteiger partial charge in [-0.3, -0.25) is 4.79 Å². The minimum absolute atomic E-state index is 0.0643. The van der Waals surface area contributed by atoms with Crippen LogP contribution in [-0.2, 0) is 4.79 Å². The van der Waals surface area contributed by atoms with E-state index in [1.807, 2.05) is 32.9 Å². The Balaban J connectivity index is 1.82. The van der Waals surface area contributed by atoms with Gasteiger partial charge in [0.2, 0.25) is 0 Å². The van der Waals surface area contributed by atoms with E-state index in [9.17, 15) is 4.79 Å². The normalized spacial score (nSPS) is 19.7. The summed E-state index contributed by atoms with van der Waals surface area (Å²) in [6.07, 6.45) is 2.13. The van der Waals surface area contributed by atoms with Crippen LogP contribution >= 0.6 is 0 Å². The lowest BCUT2D eigenvalue weighted by molar-refractivity contribution is -0.932. The summed E-state index contributed by atoms with van der Waals surface area (Å²) in [5.41, 5.74) is 5.50. The monoisotopic (exact) mass is 397 g/mol. The zero-order valence-electron chi connectivity index (χ0n) is 18.4. The topological polar surface area (TPSA) is 52.0 Å². The van der Waals surface area contributed by atoms with Crippen LogP contribution in [0.4, 0.5) is 5.69 Å². The van der Waals surface area contributed by atoms with Gasteiger partial charge < -0.3 is 19.7 Å². The first-order chi connectivity index (χ1) is 13.8. The van der Waals surface area contributed by atoms with Gasteiger partial charge in [-0.1, -0.05) is 17.7 Å². The minimum Gasteiger partial charge on any atom is -0.497 e. The maximum atomic E-state index is 13.1. The zero-order valence-corrected chi connectivity index (χ0v) is 18.4. The first kappa shape index (κ1) is 21.2. The van der Waals surface area contributed by atoms with Crippen molar-refractivity contribution < 1.29 is 19.2 Å². The van der Waals surface area contributed by atoms with Crippen molar-refractivity contribution in [1.82, 2.24) is 0 Å². The Labute approximate surface area is 174 Å². The molecule has 0 radical (unpaired) electrons. The van der Waals surface area contributed by atoms with Gasteiger partial charge in [0, 0.05) is 24.6 Å². The average Bonchev–Trinajstić information content (AvgIpc) is 3.18. The van der Waals surface area contributed by atoms with E-state index in [0.717, 1.165) is 53.3 Å². The van der Waals surface area contributed by atoms with Gasteiger partial charge in [0.1, 0.15) is 17.5 Å². The van der Waals surface area contributed by atoms with E-state index in [2.05, 4.69) is 30.4 Å². The molecule has 29 heavy (non-hydrogen) atoms. The van der Waals surface area contributed by atoms with E-state index in [1.165, 1.54) is 10.5 Å². The number of ether oxygens (including phenoxy) is 2. The molecule has 0 aromatic heterocycles. The highest BCUT2D eigenvalue weighted by atomic mass is 16.5. The summed E-state index contributed by atoms with van der Waals surface area (Å²) in [5, 5.41) is 3.19. The van der Waals surface area contributed by atoms with E-state index in [1.54, 1.807) is 14.2 Å². The van der Waals surface area contributed by atoms with Crippen molar-refractivity contribution in [1.29, 1.82) is 0 Å². The molecule has 2 aromatic rings. The fraction of sp³-hybridized carbons (Fsp3) is 0.458. The molecule has 0 aliphatic carbocycles. The third-order valence-corrected chi connectivity index (χ3v) is 6.10. The summed E-state index contributed by atoms with van der Waals surface area (Å²) in [6, 6.07) is 10.3. The number of methoxy groups -OCH3 is 2. The second kappa shape index (κ2) is 8.87. The molecule has 2 N–H and O–H groups in total. The Kier molecular flexibility index (Phi) is 6.48. The first-order valence-electron chi connectivity index (χ1n) is 10.3. The standard InChI is InChI=1S/C24H32N2O3/c1-15-12-16(2)23(17(3)13-15)25-24(27)18(4)26-11-7-8-21(26)20-10-9-19(28-5)14-22(20)29-6/h9-10,12-14,18,21H,7-8,11H2,1-6H3,(H,25,27)/p+1/t18-,21-/m1/s1. The SMILES string of the molecule is COc1ccc([C@H]2CCC[NH+]2[C@H](C)C(=O)Nc2c(C)cc(C)cc2C)c(OC)c1. The molecule has 0 saturated carbocycles. The molecule has 1 saturated heterocycles. The summed E-state index contributed by atoms with van der Waals surface area (Å²) in [7, 11) is 3.34. The molecule has 0 bridgehead atoms. The predicted molar refractivity (Wildman–Crippen MR) is 116 cm³/mol. The molecule has 1 amide bonds. The highest BCUT2D eigenvalue weighted by Crippen LogP contribution is 2.32. The Bertz CT molecular complexity index is 871. The number of aryl methyl sites for hydroxylation is 3. The summed E-state index contributed by atoms with van der Waals surface area (Å²) in [6.45, 7) is 9.18. The number of anilines is 1. The molecule has 1 aliphatic heterocycles. The molecule has 2 aromatic carbocycles. The highest BCUT2D eigenvalue weighted by molar-refractivity contribution is 5.95. The molecule has 5 heteroatoms. The largest absolute Gasteiger partial charge is 0.497 e. The van der Waals surface area contributed by atoms with Crippen LogP contribution < -0.4 is 19.7 Å². The number of hydrogen-bond donors (Lipinski definition) is 2. The van der Waals surface area contributed by atoms with E-state index in [-0.39, 0.29) is 18.0 Å². The number of carbonyl (C=O) groups excluding carboxylic acids is 1. The molecule has 3 rings (SSSR count). The lowest BCUT2D eigenvalue weighted by Gasteiger charge is -2.28. The van der Waals surface area contributed by atoms with Crippen LogP contribution in [0.2, 0.25) is 0 Å². The number of hydrogen-bond acceptors (Lipinski definition) is 3. The van der Waals surface area contributed by atoms with Gasteiger partial charge in [-0.25, -0.2) is 0 Å². The Hall–Kier alpha value is -2.53. The van der Waals surface area contributed by atoms with Crippen molar-refractivity contribution in [2.24, 2.45) is 0 Å². The summed E-state index contributed by atoms with van der Waals surface area (Å²) >= 11 is 0. The van der Waals surface area contributed by atoms with Crippen LogP contribution in [0.15, 0.2) is 30.3 Å². The van der Waals surface area contributed by atoms with Crippen molar-refractivity contribution in [2.75, 3.05) is 26.1 Å². The van der Waals surface area contributed by atoms with E-state index < -0.39 is 0 Å². The van der Waals surface area contributed by atoms with Crippen molar-refractivity contribution in [3.63, 3.8) is 0 Å².